The lowest BCUT2D eigenvalue weighted by Crippen LogP contribution is -2.44. The second-order valence-corrected chi connectivity index (χ2v) is 5.65. The van der Waals surface area contributed by atoms with Crippen LogP contribution in [0.15, 0.2) is 0 Å². The van der Waals surface area contributed by atoms with Gasteiger partial charge in [-0.25, -0.2) is 0 Å². The molecule has 1 N–H and O–H groups in total. The van der Waals surface area contributed by atoms with Crippen LogP contribution in [0.25, 0.3) is 0 Å². The molecular formula is C12H24N2OS. The summed E-state index contributed by atoms with van der Waals surface area (Å²) in [7, 11) is 0. The topological polar surface area (TPSA) is 32.3 Å². The van der Waals surface area contributed by atoms with Crippen LogP contribution < -0.4 is 5.32 Å². The molecule has 0 aliphatic carbocycles. The first-order valence-corrected chi connectivity index (χ1v) is 7.51. The molecule has 1 unspecified atom stereocenters. The first-order chi connectivity index (χ1) is 7.75. The van der Waals surface area contributed by atoms with E-state index >= 15 is 0 Å². The maximum absolute atomic E-state index is 11.9. The number of rotatable bonds is 7. The van der Waals surface area contributed by atoms with Crippen molar-refractivity contribution in [1.29, 1.82) is 0 Å². The second kappa shape index (κ2) is 7.96. The minimum absolute atomic E-state index is 0.00951. The fourth-order valence-corrected chi connectivity index (χ4v) is 2.57. The van der Waals surface area contributed by atoms with Crippen LogP contribution >= 0.6 is 11.8 Å². The van der Waals surface area contributed by atoms with Crippen LogP contribution in [-0.4, -0.2) is 48.0 Å². The van der Waals surface area contributed by atoms with Crippen molar-refractivity contribution < 1.29 is 4.79 Å². The lowest BCUT2D eigenvalue weighted by Gasteiger charge is -2.21. The van der Waals surface area contributed by atoms with E-state index in [1.165, 1.54) is 24.3 Å². The van der Waals surface area contributed by atoms with E-state index in [2.05, 4.69) is 12.2 Å². The molecule has 4 heteroatoms. The molecular weight excluding hydrogens is 220 g/mol. The van der Waals surface area contributed by atoms with Crippen molar-refractivity contribution in [2.45, 2.75) is 39.2 Å². The van der Waals surface area contributed by atoms with Crippen LogP contribution in [0, 0.1) is 0 Å². The van der Waals surface area contributed by atoms with Crippen molar-refractivity contribution in [3.05, 3.63) is 0 Å². The number of likely N-dealkylation sites (tertiary alicyclic amines) is 1. The number of nitrogens with one attached hydrogen (secondary N) is 1. The Labute approximate surface area is 103 Å². The highest BCUT2D eigenvalue weighted by Crippen LogP contribution is 2.09. The van der Waals surface area contributed by atoms with Gasteiger partial charge in [0.05, 0.1) is 6.04 Å². The molecule has 16 heavy (non-hydrogen) atoms. The predicted octanol–water partition coefficient (Wildman–Crippen LogP) is 1.73. The Hall–Kier alpha value is -0.220. The largest absolute Gasteiger partial charge is 0.341 e. The van der Waals surface area contributed by atoms with Crippen LogP contribution in [0.2, 0.25) is 0 Å². The van der Waals surface area contributed by atoms with Gasteiger partial charge in [0, 0.05) is 13.1 Å². The molecule has 3 nitrogen and oxygen atoms in total. The predicted molar refractivity (Wildman–Crippen MR) is 70.9 cm³/mol. The highest BCUT2D eigenvalue weighted by Gasteiger charge is 2.22. The lowest BCUT2D eigenvalue weighted by atomic mass is 10.3. The van der Waals surface area contributed by atoms with Gasteiger partial charge in [0.15, 0.2) is 0 Å². The van der Waals surface area contributed by atoms with Crippen molar-refractivity contribution >= 4 is 17.7 Å². The van der Waals surface area contributed by atoms with Crippen LogP contribution in [-0.2, 0) is 4.79 Å². The molecule has 1 saturated heterocycles. The third-order valence-corrected chi connectivity index (χ3v) is 3.89. The zero-order valence-corrected chi connectivity index (χ0v) is 11.3. The fraction of sp³-hybridized carbons (Fsp3) is 0.917. The van der Waals surface area contributed by atoms with E-state index in [1.54, 1.807) is 0 Å². The maximum Gasteiger partial charge on any atom is 0.239 e. The molecule has 0 bridgehead atoms. The van der Waals surface area contributed by atoms with E-state index in [0.29, 0.717) is 0 Å². The van der Waals surface area contributed by atoms with Crippen molar-refractivity contribution in [1.82, 2.24) is 10.2 Å². The molecule has 94 valence electrons. The Balaban J connectivity index is 2.08. The van der Waals surface area contributed by atoms with E-state index < -0.39 is 0 Å². The molecule has 1 heterocycles. The minimum atomic E-state index is -0.00951. The van der Waals surface area contributed by atoms with Gasteiger partial charge in [-0.2, -0.15) is 11.8 Å². The zero-order valence-electron chi connectivity index (χ0n) is 10.5. The van der Waals surface area contributed by atoms with E-state index in [-0.39, 0.29) is 11.9 Å². The number of nitrogens with zero attached hydrogens (tertiary/aromatic N) is 1. The van der Waals surface area contributed by atoms with Gasteiger partial charge >= 0.3 is 0 Å². The molecule has 1 atom stereocenters. The van der Waals surface area contributed by atoms with Crippen molar-refractivity contribution in [2.24, 2.45) is 0 Å². The fourth-order valence-electron chi connectivity index (χ4n) is 1.94. The van der Waals surface area contributed by atoms with Crippen molar-refractivity contribution in [3.63, 3.8) is 0 Å². The van der Waals surface area contributed by atoms with Gasteiger partial charge in [0.1, 0.15) is 0 Å². The van der Waals surface area contributed by atoms with E-state index in [0.717, 1.165) is 26.1 Å². The Bertz CT molecular complexity index is 205. The molecule has 1 amide bonds. The summed E-state index contributed by atoms with van der Waals surface area (Å²) < 4.78 is 0. The highest BCUT2D eigenvalue weighted by molar-refractivity contribution is 7.99. The highest BCUT2D eigenvalue weighted by atomic mass is 32.2. The monoisotopic (exact) mass is 244 g/mol. The summed E-state index contributed by atoms with van der Waals surface area (Å²) in [5.41, 5.74) is 0. The normalized spacial score (nSPS) is 17.8. The van der Waals surface area contributed by atoms with Gasteiger partial charge in [-0.3, -0.25) is 4.79 Å². The summed E-state index contributed by atoms with van der Waals surface area (Å²) in [6, 6.07) is -0.00951. The minimum Gasteiger partial charge on any atom is -0.341 e. The molecule has 0 spiro atoms. The summed E-state index contributed by atoms with van der Waals surface area (Å²) in [5.74, 6) is 2.65. The molecule has 1 rings (SSSR count). The summed E-state index contributed by atoms with van der Waals surface area (Å²) in [5, 5.41) is 3.31. The number of thioether (sulfide) groups is 1. The quantitative estimate of drug-likeness (QED) is 0.692. The molecule has 1 aliphatic heterocycles. The molecule has 0 aromatic carbocycles. The Morgan fingerprint density at radius 2 is 2.12 bits per heavy atom. The smallest absolute Gasteiger partial charge is 0.239 e. The first kappa shape index (κ1) is 13.8. The molecule has 1 fully saturated rings. The maximum atomic E-state index is 11.9. The van der Waals surface area contributed by atoms with Crippen LogP contribution in [0.3, 0.4) is 0 Å². The summed E-state index contributed by atoms with van der Waals surface area (Å²) in [4.78, 5) is 13.9. The second-order valence-electron chi connectivity index (χ2n) is 4.26. The average Bonchev–Trinajstić information content (AvgIpc) is 2.81. The summed E-state index contributed by atoms with van der Waals surface area (Å²) in [6.45, 7) is 7.02. The van der Waals surface area contributed by atoms with Gasteiger partial charge in [-0.15, -0.1) is 0 Å². The number of hydrogen-bond acceptors (Lipinski definition) is 3. The van der Waals surface area contributed by atoms with E-state index in [9.17, 15) is 4.79 Å². The molecule has 0 radical (unpaired) electrons. The number of amides is 1. The van der Waals surface area contributed by atoms with Gasteiger partial charge < -0.3 is 10.2 Å². The standard InChI is InChI=1S/C12H24N2OS/c1-3-16-10-6-7-13-11(2)12(15)14-8-4-5-9-14/h11,13H,3-10H2,1-2H3. The van der Waals surface area contributed by atoms with E-state index in [4.69, 9.17) is 0 Å². The summed E-state index contributed by atoms with van der Waals surface area (Å²) in [6.07, 6.45) is 3.49. The number of carbonyl (C=O) groups excluding carboxylic acids is 1. The zero-order chi connectivity index (χ0) is 11.8. The van der Waals surface area contributed by atoms with Crippen LogP contribution in [0.1, 0.15) is 33.1 Å². The van der Waals surface area contributed by atoms with Gasteiger partial charge in [-0.05, 0) is 44.2 Å². The molecule has 0 aromatic rings. The SMILES string of the molecule is CCSCCCNC(C)C(=O)N1CCCC1. The van der Waals surface area contributed by atoms with E-state index in [1.807, 2.05) is 23.6 Å². The van der Waals surface area contributed by atoms with Crippen LogP contribution in [0.4, 0.5) is 0 Å². The number of carbonyl (C=O) groups is 1. The Morgan fingerprint density at radius 3 is 2.75 bits per heavy atom. The lowest BCUT2D eigenvalue weighted by molar-refractivity contribution is -0.131. The Kier molecular flexibility index (Phi) is 6.88. The Morgan fingerprint density at radius 1 is 1.44 bits per heavy atom. The average molecular weight is 244 g/mol. The third kappa shape index (κ3) is 4.74. The first-order valence-electron chi connectivity index (χ1n) is 6.35. The summed E-state index contributed by atoms with van der Waals surface area (Å²) >= 11 is 1.96. The van der Waals surface area contributed by atoms with Crippen molar-refractivity contribution in [3.8, 4) is 0 Å². The molecule has 0 aromatic heterocycles. The van der Waals surface area contributed by atoms with Gasteiger partial charge in [0.2, 0.25) is 5.91 Å². The van der Waals surface area contributed by atoms with Gasteiger partial charge in [-0.1, -0.05) is 6.92 Å². The van der Waals surface area contributed by atoms with Crippen molar-refractivity contribution in [2.75, 3.05) is 31.1 Å². The van der Waals surface area contributed by atoms with Gasteiger partial charge in [0.25, 0.3) is 0 Å². The molecule has 0 saturated carbocycles. The van der Waals surface area contributed by atoms with Crippen LogP contribution in [0.5, 0.6) is 0 Å². The number of hydrogen-bond donors (Lipinski definition) is 1. The third-order valence-electron chi connectivity index (χ3n) is 2.91. The molecule has 1 aliphatic rings.